The van der Waals surface area contributed by atoms with Crippen LogP contribution in [-0.2, 0) is 22.6 Å². The van der Waals surface area contributed by atoms with Crippen LogP contribution in [-0.4, -0.2) is 33.4 Å². The maximum Gasteiger partial charge on any atom is 0.408 e. The molecule has 0 radical (unpaired) electrons. The van der Waals surface area contributed by atoms with Gasteiger partial charge in [0, 0.05) is 18.9 Å². The Hall–Kier alpha value is -2.83. The summed E-state index contributed by atoms with van der Waals surface area (Å²) in [6, 6.07) is 9.12. The Morgan fingerprint density at radius 3 is 2.62 bits per heavy atom. The van der Waals surface area contributed by atoms with E-state index in [0.717, 1.165) is 11.1 Å². The second-order valence-corrected chi connectivity index (χ2v) is 7.11. The summed E-state index contributed by atoms with van der Waals surface area (Å²) in [5.74, 6) is -0.270. The molecule has 26 heavy (non-hydrogen) atoms. The van der Waals surface area contributed by atoms with E-state index in [0.29, 0.717) is 13.1 Å². The van der Waals surface area contributed by atoms with Crippen LogP contribution in [0.2, 0.25) is 0 Å². The molecule has 0 saturated carbocycles. The Labute approximate surface area is 153 Å². The summed E-state index contributed by atoms with van der Waals surface area (Å²) in [6.45, 7) is 7.99. The predicted molar refractivity (Wildman–Crippen MR) is 98.4 cm³/mol. The van der Waals surface area contributed by atoms with Gasteiger partial charge in [-0.1, -0.05) is 24.3 Å². The molecule has 1 aromatic heterocycles. The summed E-state index contributed by atoms with van der Waals surface area (Å²) in [4.78, 5) is 23.9. The Morgan fingerprint density at radius 2 is 1.96 bits per heavy atom. The molecular weight excluding hydrogens is 332 g/mol. The van der Waals surface area contributed by atoms with E-state index in [4.69, 9.17) is 4.74 Å². The molecule has 0 aliphatic heterocycles. The van der Waals surface area contributed by atoms with Crippen LogP contribution in [0.3, 0.4) is 0 Å². The fraction of sp³-hybridized carbons (Fsp3) is 0.421. The summed E-state index contributed by atoms with van der Waals surface area (Å²) in [5, 5.41) is 9.54. The fourth-order valence-electron chi connectivity index (χ4n) is 2.31. The van der Waals surface area contributed by atoms with Crippen LogP contribution in [0.25, 0.3) is 0 Å². The Bertz CT molecular complexity index is 735. The molecule has 7 heteroatoms. The van der Waals surface area contributed by atoms with Crippen molar-refractivity contribution in [3.8, 4) is 0 Å². The van der Waals surface area contributed by atoms with Gasteiger partial charge in [0.15, 0.2) is 0 Å². The summed E-state index contributed by atoms with van der Waals surface area (Å²) in [7, 11) is 0. The zero-order valence-electron chi connectivity index (χ0n) is 15.7. The lowest BCUT2D eigenvalue weighted by Crippen LogP contribution is -2.46. The van der Waals surface area contributed by atoms with Crippen LogP contribution in [0.1, 0.15) is 38.8 Å². The molecular formula is C19H26N4O3. The second kappa shape index (κ2) is 8.51. The molecule has 1 atom stereocenters. The molecule has 1 heterocycles. The van der Waals surface area contributed by atoms with E-state index in [1.807, 2.05) is 41.2 Å². The maximum absolute atomic E-state index is 12.2. The van der Waals surface area contributed by atoms with E-state index >= 15 is 0 Å². The minimum atomic E-state index is -0.683. The highest BCUT2D eigenvalue weighted by Gasteiger charge is 2.20. The van der Waals surface area contributed by atoms with Crippen LogP contribution >= 0.6 is 0 Å². The monoisotopic (exact) mass is 358 g/mol. The Balaban J connectivity index is 1.84. The lowest BCUT2D eigenvalue weighted by molar-refractivity contribution is -0.122. The largest absolute Gasteiger partial charge is 0.444 e. The number of carbonyl (C=O) groups excluding carboxylic acids is 2. The highest BCUT2D eigenvalue weighted by Crippen LogP contribution is 2.08. The third-order valence-electron chi connectivity index (χ3n) is 3.49. The van der Waals surface area contributed by atoms with Crippen molar-refractivity contribution < 1.29 is 14.3 Å². The third-order valence-corrected chi connectivity index (χ3v) is 3.49. The van der Waals surface area contributed by atoms with E-state index in [9.17, 15) is 9.59 Å². The summed E-state index contributed by atoms with van der Waals surface area (Å²) in [6.07, 6.45) is 3.03. The van der Waals surface area contributed by atoms with E-state index in [1.54, 1.807) is 33.9 Å². The summed E-state index contributed by atoms with van der Waals surface area (Å²) >= 11 is 0. The van der Waals surface area contributed by atoms with Gasteiger partial charge in [0.25, 0.3) is 0 Å². The zero-order chi connectivity index (χ0) is 19.2. The molecule has 0 spiro atoms. The standard InChI is InChI=1S/C19H26N4O3/c1-14(22-18(25)26-19(2,3)4)17(24)20-12-15-7-5-8-16(11-15)13-23-10-6-9-21-23/h5-11,14H,12-13H2,1-4H3,(H,20,24)(H,22,25). The molecule has 0 saturated heterocycles. The zero-order valence-corrected chi connectivity index (χ0v) is 15.7. The van der Waals surface area contributed by atoms with Crippen LogP contribution in [0.4, 0.5) is 4.79 Å². The number of nitrogens with zero attached hydrogens (tertiary/aromatic N) is 2. The molecule has 2 N–H and O–H groups in total. The van der Waals surface area contributed by atoms with Crippen molar-refractivity contribution in [3.05, 3.63) is 53.9 Å². The van der Waals surface area contributed by atoms with E-state index in [-0.39, 0.29) is 5.91 Å². The Morgan fingerprint density at radius 1 is 1.23 bits per heavy atom. The number of amides is 2. The number of aromatic nitrogens is 2. The molecule has 0 aliphatic rings. The normalized spacial score (nSPS) is 12.3. The number of nitrogens with one attached hydrogen (secondary N) is 2. The van der Waals surface area contributed by atoms with Crippen LogP contribution in [0, 0.1) is 0 Å². The van der Waals surface area contributed by atoms with Crippen molar-refractivity contribution in [2.75, 3.05) is 0 Å². The number of benzene rings is 1. The second-order valence-electron chi connectivity index (χ2n) is 7.11. The van der Waals surface area contributed by atoms with Crippen molar-refractivity contribution in [3.63, 3.8) is 0 Å². The topological polar surface area (TPSA) is 85.2 Å². The van der Waals surface area contributed by atoms with Crippen molar-refractivity contribution in [2.45, 2.75) is 52.4 Å². The SMILES string of the molecule is CC(NC(=O)OC(C)(C)C)C(=O)NCc1cccc(Cn2cccn2)c1. The maximum atomic E-state index is 12.2. The van der Waals surface area contributed by atoms with Gasteiger partial charge in [0.1, 0.15) is 11.6 Å². The molecule has 2 aromatic rings. The molecule has 2 rings (SSSR count). The van der Waals surface area contributed by atoms with Gasteiger partial charge in [-0.2, -0.15) is 5.10 Å². The molecule has 0 bridgehead atoms. The smallest absolute Gasteiger partial charge is 0.408 e. The van der Waals surface area contributed by atoms with Gasteiger partial charge in [0.2, 0.25) is 5.91 Å². The van der Waals surface area contributed by atoms with Gasteiger partial charge in [-0.25, -0.2) is 4.79 Å². The first-order valence-corrected chi connectivity index (χ1v) is 8.55. The van der Waals surface area contributed by atoms with Gasteiger partial charge in [-0.15, -0.1) is 0 Å². The number of hydrogen-bond donors (Lipinski definition) is 2. The van der Waals surface area contributed by atoms with Crippen LogP contribution in [0.15, 0.2) is 42.7 Å². The highest BCUT2D eigenvalue weighted by molar-refractivity contribution is 5.85. The van der Waals surface area contributed by atoms with Crippen molar-refractivity contribution in [1.82, 2.24) is 20.4 Å². The molecule has 7 nitrogen and oxygen atoms in total. The molecule has 1 unspecified atom stereocenters. The Kier molecular flexibility index (Phi) is 6.38. The summed E-state index contributed by atoms with van der Waals surface area (Å²) in [5.41, 5.74) is 1.47. The number of ether oxygens (including phenoxy) is 1. The average Bonchev–Trinajstić information content (AvgIpc) is 3.04. The minimum absolute atomic E-state index is 0.270. The molecule has 2 amide bonds. The average molecular weight is 358 g/mol. The molecule has 1 aromatic carbocycles. The molecule has 140 valence electrons. The minimum Gasteiger partial charge on any atom is -0.444 e. The third kappa shape index (κ3) is 6.58. The lowest BCUT2D eigenvalue weighted by atomic mass is 10.1. The first kappa shape index (κ1) is 19.5. The highest BCUT2D eigenvalue weighted by atomic mass is 16.6. The van der Waals surface area contributed by atoms with Crippen LogP contribution in [0.5, 0.6) is 0 Å². The quantitative estimate of drug-likeness (QED) is 0.831. The first-order valence-electron chi connectivity index (χ1n) is 8.55. The van der Waals surface area contributed by atoms with Crippen molar-refractivity contribution in [1.29, 1.82) is 0 Å². The van der Waals surface area contributed by atoms with Gasteiger partial charge in [0.05, 0.1) is 6.54 Å². The number of hydrogen-bond acceptors (Lipinski definition) is 4. The predicted octanol–water partition coefficient (Wildman–Crippen LogP) is 2.46. The number of carbonyl (C=O) groups is 2. The summed E-state index contributed by atoms with van der Waals surface area (Å²) < 4.78 is 6.99. The van der Waals surface area contributed by atoms with Gasteiger partial charge >= 0.3 is 6.09 Å². The van der Waals surface area contributed by atoms with Crippen molar-refractivity contribution >= 4 is 12.0 Å². The lowest BCUT2D eigenvalue weighted by Gasteiger charge is -2.21. The molecule has 0 fully saturated rings. The van der Waals surface area contributed by atoms with Crippen LogP contribution < -0.4 is 10.6 Å². The molecule has 0 aliphatic carbocycles. The van der Waals surface area contributed by atoms with E-state index in [1.165, 1.54) is 0 Å². The van der Waals surface area contributed by atoms with Gasteiger partial charge < -0.3 is 15.4 Å². The van der Waals surface area contributed by atoms with Crippen molar-refractivity contribution in [2.24, 2.45) is 0 Å². The fourth-order valence-corrected chi connectivity index (χ4v) is 2.31. The van der Waals surface area contributed by atoms with E-state index < -0.39 is 17.7 Å². The number of rotatable bonds is 6. The van der Waals surface area contributed by atoms with Gasteiger partial charge in [-0.3, -0.25) is 9.48 Å². The van der Waals surface area contributed by atoms with E-state index in [2.05, 4.69) is 15.7 Å². The number of alkyl carbamates (subject to hydrolysis) is 1. The first-order chi connectivity index (χ1) is 12.2. The van der Waals surface area contributed by atoms with Gasteiger partial charge in [-0.05, 0) is 44.9 Å².